The molecule has 1 aromatic rings. The summed E-state index contributed by atoms with van der Waals surface area (Å²) in [6.45, 7) is 6.85. The first-order valence-electron chi connectivity index (χ1n) is 6.82. The van der Waals surface area contributed by atoms with Gasteiger partial charge >= 0.3 is 5.97 Å². The fourth-order valence-electron chi connectivity index (χ4n) is 2.45. The number of sulfone groups is 1. The molecule has 1 aromatic carbocycles. The average molecular weight is 311 g/mol. The van der Waals surface area contributed by atoms with E-state index >= 15 is 0 Å². The number of aliphatic carboxylic acids is 1. The molecule has 0 bridgehead atoms. The van der Waals surface area contributed by atoms with Gasteiger partial charge in [0.05, 0.1) is 16.1 Å². The SMILES string of the molecule is CC(C)(NC1CS(=O)(=O)c2ccccc21)C(C)(C)C(=O)O. The van der Waals surface area contributed by atoms with Gasteiger partial charge in [0, 0.05) is 11.6 Å². The van der Waals surface area contributed by atoms with Gasteiger partial charge in [-0.1, -0.05) is 18.2 Å². The van der Waals surface area contributed by atoms with Crippen molar-refractivity contribution in [2.75, 3.05) is 5.75 Å². The predicted molar refractivity (Wildman–Crippen MR) is 79.9 cm³/mol. The maximum Gasteiger partial charge on any atom is 0.310 e. The lowest BCUT2D eigenvalue weighted by Crippen LogP contribution is -2.56. The summed E-state index contributed by atoms with van der Waals surface area (Å²) in [7, 11) is -3.30. The number of hydrogen-bond acceptors (Lipinski definition) is 4. The van der Waals surface area contributed by atoms with Gasteiger partial charge in [-0.25, -0.2) is 8.42 Å². The predicted octanol–water partition coefficient (Wildman–Crippen LogP) is 1.99. The van der Waals surface area contributed by atoms with Gasteiger partial charge in [-0.2, -0.15) is 0 Å². The number of carboxylic acid groups (broad SMARTS) is 1. The van der Waals surface area contributed by atoms with E-state index < -0.39 is 26.8 Å². The highest BCUT2D eigenvalue weighted by Gasteiger charge is 2.46. The molecule has 0 spiro atoms. The lowest BCUT2D eigenvalue weighted by Gasteiger charge is -2.41. The van der Waals surface area contributed by atoms with Crippen LogP contribution in [0.1, 0.15) is 39.3 Å². The van der Waals surface area contributed by atoms with E-state index in [1.807, 2.05) is 0 Å². The van der Waals surface area contributed by atoms with Crippen molar-refractivity contribution in [2.24, 2.45) is 5.41 Å². The highest BCUT2D eigenvalue weighted by Crippen LogP contribution is 2.38. The molecule has 1 heterocycles. The van der Waals surface area contributed by atoms with E-state index in [-0.39, 0.29) is 11.8 Å². The summed E-state index contributed by atoms with van der Waals surface area (Å²) in [6, 6.07) is 6.48. The summed E-state index contributed by atoms with van der Waals surface area (Å²) in [5.41, 5.74) is -1.09. The molecule has 0 saturated carbocycles. The molecule has 1 unspecified atom stereocenters. The normalized spacial score (nSPS) is 21.0. The molecule has 1 atom stereocenters. The van der Waals surface area contributed by atoms with E-state index in [2.05, 4.69) is 5.32 Å². The van der Waals surface area contributed by atoms with Gasteiger partial charge < -0.3 is 10.4 Å². The van der Waals surface area contributed by atoms with Gasteiger partial charge in [0.25, 0.3) is 0 Å². The van der Waals surface area contributed by atoms with E-state index in [0.717, 1.165) is 0 Å². The Bertz CT molecular complexity index is 677. The number of hydrogen-bond donors (Lipinski definition) is 2. The molecular formula is C15H21NO4S. The van der Waals surface area contributed by atoms with Gasteiger partial charge in [-0.3, -0.25) is 4.79 Å². The number of nitrogens with one attached hydrogen (secondary N) is 1. The molecule has 21 heavy (non-hydrogen) atoms. The first kappa shape index (κ1) is 16.0. The second-order valence-corrected chi connectivity index (χ2v) is 8.57. The number of benzene rings is 1. The van der Waals surface area contributed by atoms with Crippen LogP contribution in [0.3, 0.4) is 0 Å². The lowest BCUT2D eigenvalue weighted by molar-refractivity contribution is -0.151. The fourth-order valence-corrected chi connectivity index (χ4v) is 4.19. The smallest absolute Gasteiger partial charge is 0.310 e. The number of fused-ring (bicyclic) bond motifs is 1. The van der Waals surface area contributed by atoms with Gasteiger partial charge in [-0.05, 0) is 39.3 Å². The quantitative estimate of drug-likeness (QED) is 0.888. The summed E-state index contributed by atoms with van der Waals surface area (Å²) < 4.78 is 24.4. The highest BCUT2D eigenvalue weighted by molar-refractivity contribution is 7.91. The van der Waals surface area contributed by atoms with Crippen molar-refractivity contribution in [3.8, 4) is 0 Å². The molecule has 5 nitrogen and oxygen atoms in total. The summed E-state index contributed by atoms with van der Waals surface area (Å²) in [5, 5.41) is 12.6. The standard InChI is InChI=1S/C15H21NO4S/c1-14(2,13(17)18)15(3,4)16-11-9-21(19,20)12-8-6-5-7-10(11)12/h5-8,11,16H,9H2,1-4H3,(H,17,18). The minimum atomic E-state index is -3.30. The molecule has 2 N–H and O–H groups in total. The van der Waals surface area contributed by atoms with E-state index in [0.29, 0.717) is 10.5 Å². The van der Waals surface area contributed by atoms with Crippen LogP contribution in [0.4, 0.5) is 0 Å². The van der Waals surface area contributed by atoms with Crippen LogP contribution in [0.5, 0.6) is 0 Å². The van der Waals surface area contributed by atoms with E-state index in [9.17, 15) is 18.3 Å². The van der Waals surface area contributed by atoms with Crippen LogP contribution in [0, 0.1) is 5.41 Å². The Hall–Kier alpha value is -1.40. The summed E-state index contributed by atoms with van der Waals surface area (Å²) in [4.78, 5) is 11.8. The molecule has 0 fully saturated rings. The summed E-state index contributed by atoms with van der Waals surface area (Å²) >= 11 is 0. The van der Waals surface area contributed by atoms with Gasteiger partial charge in [0.2, 0.25) is 0 Å². The van der Waals surface area contributed by atoms with E-state index in [4.69, 9.17) is 0 Å². The molecule has 0 radical (unpaired) electrons. The zero-order chi connectivity index (χ0) is 16.1. The molecule has 1 aliphatic heterocycles. The monoisotopic (exact) mass is 311 g/mol. The van der Waals surface area contributed by atoms with E-state index in [1.165, 1.54) is 0 Å². The molecule has 0 aliphatic carbocycles. The Kier molecular flexibility index (Phi) is 3.66. The topological polar surface area (TPSA) is 83.5 Å². The Morgan fingerprint density at radius 3 is 2.38 bits per heavy atom. The second kappa shape index (κ2) is 4.81. The van der Waals surface area contributed by atoms with Crippen molar-refractivity contribution in [1.29, 1.82) is 0 Å². The molecule has 116 valence electrons. The molecule has 1 aliphatic rings. The zero-order valence-corrected chi connectivity index (χ0v) is 13.5. The Balaban J connectivity index is 2.37. The third-order valence-corrected chi connectivity index (χ3v) is 6.46. The highest BCUT2D eigenvalue weighted by atomic mass is 32.2. The van der Waals surface area contributed by atoms with Crippen LogP contribution < -0.4 is 5.32 Å². The van der Waals surface area contributed by atoms with Crippen molar-refractivity contribution in [3.05, 3.63) is 29.8 Å². The third kappa shape index (κ3) is 2.58. The van der Waals surface area contributed by atoms with Gasteiger partial charge in [0.15, 0.2) is 9.84 Å². The van der Waals surface area contributed by atoms with Crippen molar-refractivity contribution < 1.29 is 18.3 Å². The molecule has 0 aromatic heterocycles. The molecule has 2 rings (SSSR count). The van der Waals surface area contributed by atoms with Crippen molar-refractivity contribution in [2.45, 2.75) is 44.2 Å². The maximum absolute atomic E-state index is 12.2. The summed E-state index contributed by atoms with van der Waals surface area (Å²) in [5.74, 6) is -0.958. The van der Waals surface area contributed by atoms with Gasteiger partial charge in [0.1, 0.15) is 0 Å². The first-order valence-corrected chi connectivity index (χ1v) is 8.47. The minimum absolute atomic E-state index is 0.0362. The second-order valence-electron chi connectivity index (χ2n) is 6.57. The maximum atomic E-state index is 12.2. The van der Waals surface area contributed by atoms with Crippen molar-refractivity contribution in [1.82, 2.24) is 5.32 Å². The van der Waals surface area contributed by atoms with Gasteiger partial charge in [-0.15, -0.1) is 0 Å². The molecular weight excluding hydrogens is 290 g/mol. The van der Waals surface area contributed by atoms with Crippen LogP contribution in [0.25, 0.3) is 0 Å². The van der Waals surface area contributed by atoms with Crippen LogP contribution in [0.2, 0.25) is 0 Å². The van der Waals surface area contributed by atoms with Crippen molar-refractivity contribution in [3.63, 3.8) is 0 Å². The molecule has 6 heteroatoms. The zero-order valence-electron chi connectivity index (χ0n) is 12.7. The fraction of sp³-hybridized carbons (Fsp3) is 0.533. The number of rotatable bonds is 4. The largest absolute Gasteiger partial charge is 0.481 e. The lowest BCUT2D eigenvalue weighted by atomic mass is 9.74. The molecule has 0 saturated heterocycles. The summed E-state index contributed by atoms with van der Waals surface area (Å²) in [6.07, 6.45) is 0. The van der Waals surface area contributed by atoms with Crippen LogP contribution in [0.15, 0.2) is 29.2 Å². The van der Waals surface area contributed by atoms with Crippen LogP contribution >= 0.6 is 0 Å². The Morgan fingerprint density at radius 1 is 1.24 bits per heavy atom. The molecule has 0 amide bonds. The Labute approximate surface area is 125 Å². The minimum Gasteiger partial charge on any atom is -0.481 e. The van der Waals surface area contributed by atoms with Crippen molar-refractivity contribution >= 4 is 15.8 Å². The third-order valence-electron chi connectivity index (χ3n) is 4.65. The Morgan fingerprint density at radius 2 is 1.81 bits per heavy atom. The number of carbonyl (C=O) groups is 1. The van der Waals surface area contributed by atoms with Crippen LogP contribution in [-0.4, -0.2) is 30.8 Å². The number of carboxylic acids is 1. The van der Waals surface area contributed by atoms with E-state index in [1.54, 1.807) is 52.0 Å². The van der Waals surface area contributed by atoms with Crippen LogP contribution in [-0.2, 0) is 14.6 Å². The first-order chi connectivity index (χ1) is 9.49. The average Bonchev–Trinajstić information content (AvgIpc) is 2.61.